The lowest BCUT2D eigenvalue weighted by Gasteiger charge is -2.44. The molecule has 0 saturated carbocycles. The molecule has 0 spiro atoms. The SMILES string of the molecule is Nc1nccc(-c2cccc([N+](=O)[O-])c2)n1.O=[N+]([O-])c1cccc(-c2ccn3c(N4CCOCC4)cnc3n2)c1.c1ccc2c(c1)nnn2C(C(N1CCOCC1)n1nnc2ccccc21)N1CCOCC1. The van der Waals surface area contributed by atoms with Gasteiger partial charge in [-0.25, -0.2) is 29.3 Å². The van der Waals surface area contributed by atoms with Gasteiger partial charge in [-0.15, -0.1) is 10.2 Å². The van der Waals surface area contributed by atoms with Gasteiger partial charge in [-0.05, 0) is 36.4 Å². The Morgan fingerprint density at radius 1 is 0.569 bits per heavy atom. The zero-order valence-corrected chi connectivity index (χ0v) is 38.9. The summed E-state index contributed by atoms with van der Waals surface area (Å²) in [6.45, 7) is 9.05. The number of aromatic nitrogens is 11. The van der Waals surface area contributed by atoms with E-state index in [9.17, 15) is 20.2 Å². The van der Waals surface area contributed by atoms with Gasteiger partial charge in [0.05, 0.1) is 78.1 Å². The number of nitrogens with two attached hydrogens (primary N) is 1. The smallest absolute Gasteiger partial charge is 0.270 e. The van der Waals surface area contributed by atoms with Crippen LogP contribution in [0.5, 0.6) is 0 Å². The Balaban J connectivity index is 0.000000132. The van der Waals surface area contributed by atoms with Gasteiger partial charge in [-0.1, -0.05) is 59.0 Å². The Labute approximate surface area is 410 Å². The molecule has 8 heterocycles. The molecule has 2 unspecified atom stereocenters. The maximum atomic E-state index is 10.9. The molecule has 0 radical (unpaired) electrons. The Kier molecular flexibility index (Phi) is 14.2. The quantitative estimate of drug-likeness (QED) is 0.134. The van der Waals surface area contributed by atoms with E-state index in [0.717, 1.165) is 67.2 Å². The number of para-hydroxylation sites is 2. The van der Waals surface area contributed by atoms with Crippen molar-refractivity contribution in [2.45, 2.75) is 12.3 Å². The molecule has 3 saturated heterocycles. The van der Waals surface area contributed by atoms with Crippen LogP contribution in [0.3, 0.4) is 0 Å². The minimum Gasteiger partial charge on any atom is -0.379 e. The number of benzene rings is 4. The number of ether oxygens (including phenoxy) is 3. The minimum atomic E-state index is -0.450. The predicted octanol–water partition coefficient (Wildman–Crippen LogP) is 5.31. The van der Waals surface area contributed by atoms with E-state index in [0.29, 0.717) is 67.9 Å². The lowest BCUT2D eigenvalue weighted by molar-refractivity contribution is -0.385. The van der Waals surface area contributed by atoms with Gasteiger partial charge >= 0.3 is 0 Å². The highest BCUT2D eigenvalue weighted by Crippen LogP contribution is 2.35. The van der Waals surface area contributed by atoms with Crippen LogP contribution >= 0.6 is 0 Å². The Bertz CT molecular complexity index is 3220. The van der Waals surface area contributed by atoms with Crippen molar-refractivity contribution in [3.63, 3.8) is 0 Å². The summed E-state index contributed by atoms with van der Waals surface area (Å²) in [5, 5.41) is 39.8. The number of hydrogen-bond donors (Lipinski definition) is 1. The minimum absolute atomic E-state index is 0.0229. The number of non-ortho nitro benzene ring substituents is 2. The molecule has 0 amide bonds. The van der Waals surface area contributed by atoms with Crippen LogP contribution in [0, 0.1) is 20.2 Å². The van der Waals surface area contributed by atoms with E-state index in [4.69, 9.17) is 19.9 Å². The van der Waals surface area contributed by atoms with Gasteiger partial charge in [0, 0.05) is 87.1 Å². The molecule has 5 aromatic heterocycles. The van der Waals surface area contributed by atoms with Crippen LogP contribution in [0.25, 0.3) is 50.4 Å². The third-order valence-electron chi connectivity index (χ3n) is 12.4. The fraction of sp³-hybridized carbons (Fsp3) is 0.292. The van der Waals surface area contributed by atoms with Crippen LogP contribution in [0.2, 0.25) is 0 Å². The second-order valence-corrected chi connectivity index (χ2v) is 16.8. The maximum Gasteiger partial charge on any atom is 0.270 e. The Morgan fingerprint density at radius 3 is 1.58 bits per heavy atom. The van der Waals surface area contributed by atoms with Gasteiger partial charge < -0.3 is 24.8 Å². The third kappa shape index (κ3) is 10.4. The topological polar surface area (TPSA) is 267 Å². The molecule has 2 atom stereocenters. The van der Waals surface area contributed by atoms with Crippen molar-refractivity contribution in [3.05, 3.63) is 148 Å². The van der Waals surface area contributed by atoms with Crippen LogP contribution in [0.15, 0.2) is 128 Å². The lowest BCUT2D eigenvalue weighted by atomic mass is 10.1. The van der Waals surface area contributed by atoms with Crippen molar-refractivity contribution in [1.82, 2.24) is 64.1 Å². The van der Waals surface area contributed by atoms with Crippen molar-refractivity contribution in [1.29, 1.82) is 0 Å². The largest absolute Gasteiger partial charge is 0.379 e. The average molecular weight is 976 g/mol. The molecule has 0 bridgehead atoms. The maximum absolute atomic E-state index is 10.9. The summed E-state index contributed by atoms with van der Waals surface area (Å²) in [4.78, 5) is 44.4. The first kappa shape index (κ1) is 47.3. The Morgan fingerprint density at radius 2 is 1.07 bits per heavy atom. The third-order valence-corrected chi connectivity index (χ3v) is 12.4. The number of nitro benzene ring substituents is 2. The summed E-state index contributed by atoms with van der Waals surface area (Å²) in [6, 6.07) is 32.4. The molecule has 4 aromatic carbocycles. The molecule has 0 aliphatic carbocycles. The lowest BCUT2D eigenvalue weighted by Crippen LogP contribution is -2.52. The monoisotopic (exact) mass is 975 g/mol. The van der Waals surface area contributed by atoms with Crippen molar-refractivity contribution in [2.24, 2.45) is 0 Å². The fourth-order valence-electron chi connectivity index (χ4n) is 8.93. The van der Waals surface area contributed by atoms with Crippen LogP contribution in [-0.4, -0.2) is 153 Å². The molecule has 24 nitrogen and oxygen atoms in total. The van der Waals surface area contributed by atoms with Crippen LogP contribution in [0.4, 0.5) is 23.1 Å². The molecule has 3 aliphatic rings. The second kappa shape index (κ2) is 21.7. The molecule has 3 fully saturated rings. The van der Waals surface area contributed by atoms with Crippen molar-refractivity contribution >= 4 is 51.0 Å². The van der Waals surface area contributed by atoms with Crippen molar-refractivity contribution in [2.75, 3.05) is 89.5 Å². The van der Waals surface area contributed by atoms with Crippen molar-refractivity contribution in [3.8, 4) is 22.5 Å². The van der Waals surface area contributed by atoms with E-state index >= 15 is 0 Å². The molecule has 12 rings (SSSR count). The highest BCUT2D eigenvalue weighted by Gasteiger charge is 2.39. The van der Waals surface area contributed by atoms with E-state index in [-0.39, 0.29) is 29.7 Å². The summed E-state index contributed by atoms with van der Waals surface area (Å²) in [5.74, 6) is 1.69. The highest BCUT2D eigenvalue weighted by atomic mass is 16.6. The zero-order valence-electron chi connectivity index (χ0n) is 38.9. The number of nitro groups is 2. The highest BCUT2D eigenvalue weighted by molar-refractivity contribution is 5.75. The van der Waals surface area contributed by atoms with E-state index in [1.165, 1.54) is 30.5 Å². The number of imidazole rings is 1. The number of anilines is 2. The Hall–Kier alpha value is -8.42. The average Bonchev–Trinajstić information content (AvgIpc) is 4.19. The van der Waals surface area contributed by atoms with Gasteiger partial charge in [0.1, 0.15) is 29.2 Å². The van der Waals surface area contributed by atoms with E-state index < -0.39 is 9.85 Å². The predicted molar refractivity (Wildman–Crippen MR) is 265 cm³/mol. The first-order valence-corrected chi connectivity index (χ1v) is 23.3. The first-order chi connectivity index (χ1) is 35.3. The summed E-state index contributed by atoms with van der Waals surface area (Å²) in [6.07, 6.45) is 4.94. The van der Waals surface area contributed by atoms with Gasteiger partial charge in [-0.2, -0.15) is 0 Å². The van der Waals surface area contributed by atoms with Gasteiger partial charge in [0.25, 0.3) is 11.4 Å². The number of nitrogens with zero attached hydrogens (tertiary/aromatic N) is 16. The molecule has 2 N–H and O–H groups in total. The van der Waals surface area contributed by atoms with Gasteiger partial charge in [0.2, 0.25) is 11.7 Å². The summed E-state index contributed by atoms with van der Waals surface area (Å²) in [7, 11) is 0. The van der Waals surface area contributed by atoms with Gasteiger partial charge in [0.15, 0.2) is 0 Å². The normalized spacial score (nSPS) is 16.4. The van der Waals surface area contributed by atoms with Crippen LogP contribution < -0.4 is 10.6 Å². The van der Waals surface area contributed by atoms with Crippen LogP contribution in [0.1, 0.15) is 12.3 Å². The number of morpholine rings is 3. The van der Waals surface area contributed by atoms with Crippen LogP contribution in [-0.2, 0) is 14.2 Å². The standard InChI is InChI=1S/C22H26N8O2.C16H15N5O3.C10H8N4O2/c1-3-7-19-17(5-1)23-25-29(19)21(27-9-13-31-14-10-27)22(28-11-15-32-16-12-28)30-20-8-4-2-6-18(20)24-26-30;22-21(23)13-3-1-2-12(10-13)14-4-5-20-15(11-17-16(20)18-14)19-6-8-24-9-7-19;11-10-12-5-4-9(13-10)7-2-1-3-8(6-7)14(15)16/h1-8,21-22H,9-16H2;1-5,10-11H,6-9H2;1-6H,(H2,11,12,13). The number of nitrogen functional groups attached to an aromatic ring is 1. The number of rotatable bonds is 10. The zero-order chi connectivity index (χ0) is 49.4. The molecular formula is C48H49N17O7. The summed E-state index contributed by atoms with van der Waals surface area (Å²) in [5.41, 5.74) is 11.9. The van der Waals surface area contributed by atoms with E-state index in [2.05, 4.69) is 76.8 Å². The fourth-order valence-corrected chi connectivity index (χ4v) is 8.93. The molecule has 368 valence electrons. The van der Waals surface area contributed by atoms with Crippen molar-refractivity contribution < 1.29 is 24.1 Å². The number of fused-ring (bicyclic) bond motifs is 3. The summed E-state index contributed by atoms with van der Waals surface area (Å²) < 4.78 is 22.8. The second-order valence-electron chi connectivity index (χ2n) is 16.8. The molecular weight excluding hydrogens is 927 g/mol. The number of hydrogen-bond acceptors (Lipinski definition) is 19. The molecule has 3 aliphatic heterocycles. The summed E-state index contributed by atoms with van der Waals surface area (Å²) >= 11 is 0. The molecule has 24 heteroatoms. The van der Waals surface area contributed by atoms with E-state index in [1.54, 1.807) is 36.5 Å². The van der Waals surface area contributed by atoms with E-state index in [1.807, 2.05) is 53.1 Å². The molecule has 9 aromatic rings. The van der Waals surface area contributed by atoms with Gasteiger partial charge in [-0.3, -0.25) is 34.4 Å². The first-order valence-electron chi connectivity index (χ1n) is 23.3. The molecule has 72 heavy (non-hydrogen) atoms.